The summed E-state index contributed by atoms with van der Waals surface area (Å²) in [5, 5.41) is 0. The Balaban J connectivity index is 2.46. The van der Waals surface area contributed by atoms with Crippen molar-refractivity contribution in [1.29, 1.82) is 0 Å². The van der Waals surface area contributed by atoms with Crippen LogP contribution in [0.25, 0.3) is 0 Å². The molecule has 1 rings (SSSR count). The van der Waals surface area contributed by atoms with E-state index in [0.717, 1.165) is 35.9 Å². The van der Waals surface area contributed by atoms with E-state index in [1.807, 2.05) is 24.3 Å². The van der Waals surface area contributed by atoms with Crippen molar-refractivity contribution in [2.45, 2.75) is 39.5 Å². The molecule has 1 aromatic rings. The van der Waals surface area contributed by atoms with Crippen LogP contribution in [-0.4, -0.2) is 13.2 Å². The fraction of sp³-hybridized carbons (Fsp3) is 0.571. The van der Waals surface area contributed by atoms with Crippen LogP contribution in [0.2, 0.25) is 0 Å². The lowest BCUT2D eigenvalue weighted by Crippen LogP contribution is -2.00. The van der Waals surface area contributed by atoms with Crippen LogP contribution >= 0.6 is 24.5 Å². The van der Waals surface area contributed by atoms with E-state index in [0.29, 0.717) is 13.2 Å². The van der Waals surface area contributed by atoms with E-state index in [1.165, 1.54) is 0 Å². The molecule has 0 amide bonds. The summed E-state index contributed by atoms with van der Waals surface area (Å²) in [7, 11) is -1.29. The zero-order chi connectivity index (χ0) is 13.9. The molecule has 0 spiro atoms. The van der Waals surface area contributed by atoms with Gasteiger partial charge in [-0.25, -0.2) is 0 Å². The molecule has 0 atom stereocenters. The number of unbranched alkanes of at least 4 members (excludes halogenated alkanes) is 2. The van der Waals surface area contributed by atoms with Gasteiger partial charge in [0.05, 0.1) is 13.2 Å². The summed E-state index contributed by atoms with van der Waals surface area (Å²) in [5.74, 6) is 0.772. The fourth-order valence-corrected chi connectivity index (χ4v) is 2.67. The molecule has 0 bridgehead atoms. The van der Waals surface area contributed by atoms with Crippen molar-refractivity contribution < 1.29 is 13.6 Å². The molecule has 0 aliphatic carbocycles. The molecule has 1 aromatic carbocycles. The summed E-state index contributed by atoms with van der Waals surface area (Å²) in [6.45, 7) is 5.64. The molecule has 0 heterocycles. The molecule has 19 heavy (non-hydrogen) atoms. The van der Waals surface area contributed by atoms with Crippen molar-refractivity contribution in [3.8, 4) is 5.75 Å². The van der Waals surface area contributed by atoms with Crippen molar-refractivity contribution in [2.24, 2.45) is 0 Å². The van der Waals surface area contributed by atoms with Crippen molar-refractivity contribution in [2.75, 3.05) is 13.2 Å². The van der Waals surface area contributed by atoms with Crippen molar-refractivity contribution in [3.05, 3.63) is 28.7 Å². The minimum atomic E-state index is -1.29. The molecule has 0 N–H and O–H groups in total. The summed E-state index contributed by atoms with van der Waals surface area (Å²) in [4.78, 5) is 0. The quantitative estimate of drug-likeness (QED) is 0.401. The number of halogens is 1. The second-order valence-corrected chi connectivity index (χ2v) is 6.21. The largest absolute Gasteiger partial charge is 0.427 e. The Morgan fingerprint density at radius 2 is 1.68 bits per heavy atom. The summed E-state index contributed by atoms with van der Waals surface area (Å²) in [6, 6.07) is 7.73. The maximum atomic E-state index is 5.78. The topological polar surface area (TPSA) is 27.7 Å². The lowest BCUT2D eigenvalue weighted by Gasteiger charge is -2.17. The fourth-order valence-electron chi connectivity index (χ4n) is 1.27. The Kier molecular flexibility index (Phi) is 9.44. The normalized spacial score (nSPS) is 10.9. The summed E-state index contributed by atoms with van der Waals surface area (Å²) < 4.78 is 18.1. The van der Waals surface area contributed by atoms with E-state index in [4.69, 9.17) is 13.6 Å². The van der Waals surface area contributed by atoms with Crippen LogP contribution in [-0.2, 0) is 9.05 Å². The summed E-state index contributed by atoms with van der Waals surface area (Å²) in [5.41, 5.74) is 0. The van der Waals surface area contributed by atoms with Gasteiger partial charge in [0, 0.05) is 4.47 Å². The van der Waals surface area contributed by atoms with E-state index in [2.05, 4.69) is 29.8 Å². The first kappa shape index (κ1) is 16.9. The molecule has 5 heteroatoms. The molecule has 0 aromatic heterocycles. The maximum Gasteiger partial charge on any atom is 0.397 e. The van der Waals surface area contributed by atoms with Gasteiger partial charge in [-0.15, -0.1) is 0 Å². The Hall–Kier alpha value is -0.150. The lowest BCUT2D eigenvalue weighted by atomic mass is 10.3. The molecular weight excluding hydrogens is 327 g/mol. The zero-order valence-corrected chi connectivity index (χ0v) is 14.1. The molecule has 3 nitrogen and oxygen atoms in total. The summed E-state index contributed by atoms with van der Waals surface area (Å²) in [6.07, 6.45) is 4.26. The van der Waals surface area contributed by atoms with Gasteiger partial charge in [-0.3, -0.25) is 0 Å². The van der Waals surface area contributed by atoms with Crippen LogP contribution < -0.4 is 4.52 Å². The number of hydrogen-bond acceptors (Lipinski definition) is 3. The molecule has 0 radical (unpaired) electrons. The van der Waals surface area contributed by atoms with Crippen LogP contribution in [0.4, 0.5) is 0 Å². The van der Waals surface area contributed by atoms with Crippen LogP contribution in [0.15, 0.2) is 28.7 Å². The van der Waals surface area contributed by atoms with Gasteiger partial charge in [-0.05, 0) is 31.0 Å². The Labute approximate surface area is 125 Å². The SMILES string of the molecule is CCCCOP(OCCCC)Oc1cccc(Br)c1. The van der Waals surface area contributed by atoms with Gasteiger partial charge in [0.25, 0.3) is 0 Å². The summed E-state index contributed by atoms with van der Waals surface area (Å²) >= 11 is 3.43. The van der Waals surface area contributed by atoms with Gasteiger partial charge in [0.2, 0.25) is 0 Å². The standard InChI is InChI=1S/C14H22BrO3P/c1-3-5-10-16-19(17-11-6-4-2)18-14-9-7-8-13(15)12-14/h7-9,12H,3-6,10-11H2,1-2H3. The van der Waals surface area contributed by atoms with Gasteiger partial charge in [-0.1, -0.05) is 48.7 Å². The highest BCUT2D eigenvalue weighted by molar-refractivity contribution is 9.10. The average molecular weight is 349 g/mol. The highest BCUT2D eigenvalue weighted by Crippen LogP contribution is 2.41. The molecule has 0 unspecified atom stereocenters. The second kappa shape index (κ2) is 10.6. The van der Waals surface area contributed by atoms with E-state index in [-0.39, 0.29) is 0 Å². The Morgan fingerprint density at radius 3 is 2.21 bits per heavy atom. The minimum Gasteiger partial charge on any atom is -0.427 e. The van der Waals surface area contributed by atoms with E-state index >= 15 is 0 Å². The van der Waals surface area contributed by atoms with Crippen LogP contribution in [0.5, 0.6) is 5.75 Å². The van der Waals surface area contributed by atoms with Gasteiger partial charge in [0.1, 0.15) is 5.75 Å². The number of rotatable bonds is 10. The van der Waals surface area contributed by atoms with Crippen molar-refractivity contribution >= 4 is 24.5 Å². The Bertz CT molecular complexity index is 339. The third-order valence-corrected chi connectivity index (χ3v) is 4.01. The van der Waals surface area contributed by atoms with Crippen molar-refractivity contribution in [1.82, 2.24) is 0 Å². The maximum absolute atomic E-state index is 5.78. The number of hydrogen-bond donors (Lipinski definition) is 0. The third kappa shape index (κ3) is 7.88. The monoisotopic (exact) mass is 348 g/mol. The van der Waals surface area contributed by atoms with Crippen molar-refractivity contribution in [3.63, 3.8) is 0 Å². The predicted molar refractivity (Wildman–Crippen MR) is 83.4 cm³/mol. The predicted octanol–water partition coefficient (Wildman–Crippen LogP) is 5.69. The molecule has 0 fully saturated rings. The van der Waals surface area contributed by atoms with Crippen LogP contribution in [0.1, 0.15) is 39.5 Å². The van der Waals surface area contributed by atoms with Crippen LogP contribution in [0.3, 0.4) is 0 Å². The van der Waals surface area contributed by atoms with Crippen LogP contribution in [0, 0.1) is 0 Å². The lowest BCUT2D eigenvalue weighted by molar-refractivity contribution is 0.201. The molecule has 0 aliphatic heterocycles. The second-order valence-electron chi connectivity index (χ2n) is 4.15. The first-order chi connectivity index (χ1) is 9.26. The highest BCUT2D eigenvalue weighted by Gasteiger charge is 2.14. The van der Waals surface area contributed by atoms with E-state index in [9.17, 15) is 0 Å². The van der Waals surface area contributed by atoms with Gasteiger partial charge < -0.3 is 13.6 Å². The smallest absolute Gasteiger partial charge is 0.397 e. The van der Waals surface area contributed by atoms with Gasteiger partial charge >= 0.3 is 8.60 Å². The average Bonchev–Trinajstić information content (AvgIpc) is 2.39. The highest BCUT2D eigenvalue weighted by atomic mass is 79.9. The number of benzene rings is 1. The molecule has 0 saturated heterocycles. The Morgan fingerprint density at radius 1 is 1.05 bits per heavy atom. The van der Waals surface area contributed by atoms with Gasteiger partial charge in [-0.2, -0.15) is 0 Å². The molecule has 0 aliphatic rings. The third-order valence-electron chi connectivity index (χ3n) is 2.37. The molecular formula is C14H22BrO3P. The first-order valence-corrected chi connectivity index (χ1v) is 8.64. The zero-order valence-electron chi connectivity index (χ0n) is 11.6. The minimum absolute atomic E-state index is 0.683. The van der Waals surface area contributed by atoms with E-state index in [1.54, 1.807) is 0 Å². The van der Waals surface area contributed by atoms with E-state index < -0.39 is 8.60 Å². The molecule has 108 valence electrons. The molecule has 0 saturated carbocycles. The first-order valence-electron chi connectivity index (χ1n) is 6.75. The van der Waals surface area contributed by atoms with Gasteiger partial charge in [0.15, 0.2) is 0 Å².